The second-order valence-corrected chi connectivity index (χ2v) is 5.80. The van der Waals surface area contributed by atoms with E-state index in [1.807, 2.05) is 7.05 Å². The maximum atomic E-state index is 9.24. The van der Waals surface area contributed by atoms with Crippen LogP contribution in [0.3, 0.4) is 0 Å². The number of aliphatic hydroxyl groups is 1. The first-order valence-corrected chi connectivity index (χ1v) is 7.37. The summed E-state index contributed by atoms with van der Waals surface area (Å²) in [6.45, 7) is 4.45. The molecule has 2 unspecified atom stereocenters. The molecule has 2 N–H and O–H groups in total. The predicted octanol–water partition coefficient (Wildman–Crippen LogP) is 1.75. The van der Waals surface area contributed by atoms with Crippen molar-refractivity contribution in [3.8, 4) is 0 Å². The van der Waals surface area contributed by atoms with E-state index >= 15 is 0 Å². The first kappa shape index (κ1) is 14.8. The normalized spacial score (nSPS) is 23.7. The number of hydrogen-bond acceptors (Lipinski definition) is 4. The molecule has 0 bridgehead atoms. The maximum absolute atomic E-state index is 9.24. The molecule has 0 saturated carbocycles. The van der Waals surface area contributed by atoms with Gasteiger partial charge in [0.15, 0.2) is 0 Å². The van der Waals surface area contributed by atoms with Gasteiger partial charge in [-0.15, -0.1) is 0 Å². The van der Waals surface area contributed by atoms with Gasteiger partial charge in [0.05, 0.1) is 19.3 Å². The summed E-state index contributed by atoms with van der Waals surface area (Å²) < 4.78 is 6.68. The van der Waals surface area contributed by atoms with Gasteiger partial charge in [0, 0.05) is 29.3 Å². The van der Waals surface area contributed by atoms with Crippen LogP contribution in [0.4, 0.5) is 5.69 Å². The molecule has 0 spiro atoms. The third-order valence-corrected chi connectivity index (χ3v) is 4.18. The molecule has 2 atom stereocenters. The number of rotatable bonds is 4. The molecule has 0 aromatic heterocycles. The number of ether oxygens (including phenoxy) is 1. The lowest BCUT2D eigenvalue weighted by Crippen LogP contribution is -2.49. The van der Waals surface area contributed by atoms with E-state index in [1.165, 1.54) is 11.3 Å². The third kappa shape index (κ3) is 3.48. The molecular formula is C14H21BrN2O2. The summed E-state index contributed by atoms with van der Waals surface area (Å²) in [5.41, 5.74) is 2.41. The molecule has 0 aliphatic carbocycles. The molecule has 19 heavy (non-hydrogen) atoms. The van der Waals surface area contributed by atoms with Gasteiger partial charge in [0.25, 0.3) is 0 Å². The topological polar surface area (TPSA) is 44.7 Å². The maximum Gasteiger partial charge on any atom is 0.0981 e. The van der Waals surface area contributed by atoms with Crippen molar-refractivity contribution in [1.29, 1.82) is 0 Å². The highest BCUT2D eigenvalue weighted by Crippen LogP contribution is 2.27. The molecule has 1 aliphatic rings. The van der Waals surface area contributed by atoms with Crippen molar-refractivity contribution in [2.45, 2.75) is 25.6 Å². The van der Waals surface area contributed by atoms with Crippen molar-refractivity contribution in [2.24, 2.45) is 0 Å². The van der Waals surface area contributed by atoms with Crippen LogP contribution in [-0.2, 0) is 11.3 Å². The van der Waals surface area contributed by atoms with Gasteiger partial charge in [-0.2, -0.15) is 0 Å². The summed E-state index contributed by atoms with van der Waals surface area (Å²) in [6, 6.07) is 6.73. The fourth-order valence-electron chi connectivity index (χ4n) is 2.34. The summed E-state index contributed by atoms with van der Waals surface area (Å²) in [6.07, 6.45) is -0.0908. The highest BCUT2D eigenvalue weighted by atomic mass is 79.9. The Balaban J connectivity index is 2.18. The summed E-state index contributed by atoms with van der Waals surface area (Å²) in [7, 11) is 1.94. The molecule has 4 nitrogen and oxygen atoms in total. The van der Waals surface area contributed by atoms with E-state index in [9.17, 15) is 5.11 Å². The Morgan fingerprint density at radius 3 is 2.95 bits per heavy atom. The van der Waals surface area contributed by atoms with E-state index in [1.54, 1.807) is 0 Å². The zero-order valence-electron chi connectivity index (χ0n) is 11.4. The summed E-state index contributed by atoms with van der Waals surface area (Å²) in [5, 5.41) is 12.4. The van der Waals surface area contributed by atoms with E-state index < -0.39 is 0 Å². The minimum Gasteiger partial charge on any atom is -0.394 e. The number of aliphatic hydroxyl groups excluding tert-OH is 1. The van der Waals surface area contributed by atoms with Gasteiger partial charge in [-0.25, -0.2) is 0 Å². The highest BCUT2D eigenvalue weighted by molar-refractivity contribution is 9.10. The lowest BCUT2D eigenvalue weighted by Gasteiger charge is -2.39. The number of halogens is 1. The van der Waals surface area contributed by atoms with E-state index in [4.69, 9.17) is 4.74 Å². The zero-order valence-corrected chi connectivity index (χ0v) is 13.0. The van der Waals surface area contributed by atoms with Gasteiger partial charge in [-0.1, -0.05) is 22.0 Å². The molecule has 1 saturated heterocycles. The molecular weight excluding hydrogens is 308 g/mol. The monoisotopic (exact) mass is 328 g/mol. The number of benzene rings is 1. The Labute approximate surface area is 122 Å². The smallest absolute Gasteiger partial charge is 0.0981 e. The van der Waals surface area contributed by atoms with E-state index in [-0.39, 0.29) is 12.7 Å². The van der Waals surface area contributed by atoms with Gasteiger partial charge in [-0.05, 0) is 31.7 Å². The van der Waals surface area contributed by atoms with Gasteiger partial charge < -0.3 is 20.1 Å². The van der Waals surface area contributed by atoms with Crippen molar-refractivity contribution in [3.05, 3.63) is 28.2 Å². The molecule has 1 fully saturated rings. The summed E-state index contributed by atoms with van der Waals surface area (Å²) in [4.78, 5) is 2.29. The zero-order chi connectivity index (χ0) is 13.8. The molecule has 0 amide bonds. The Bertz CT molecular complexity index is 428. The third-order valence-electron chi connectivity index (χ3n) is 3.44. The Morgan fingerprint density at radius 2 is 2.32 bits per heavy atom. The molecule has 5 heteroatoms. The predicted molar refractivity (Wildman–Crippen MR) is 80.5 cm³/mol. The average Bonchev–Trinajstić information content (AvgIpc) is 2.42. The van der Waals surface area contributed by atoms with E-state index in [2.05, 4.69) is 51.3 Å². The molecule has 0 radical (unpaired) electrons. The van der Waals surface area contributed by atoms with Crippen LogP contribution in [-0.4, -0.2) is 44.1 Å². The lowest BCUT2D eigenvalue weighted by atomic mass is 10.1. The standard InChI is InChI=1S/C14H21BrN2O2/c1-10-9-19-13(8-18)7-17(10)12-4-3-11(6-16-2)14(15)5-12/h3-5,10,13,16,18H,6-9H2,1-2H3. The van der Waals surface area contributed by atoms with Crippen LogP contribution < -0.4 is 10.2 Å². The van der Waals surface area contributed by atoms with Crippen LogP contribution >= 0.6 is 15.9 Å². The van der Waals surface area contributed by atoms with Crippen LogP contribution in [0.1, 0.15) is 12.5 Å². The average molecular weight is 329 g/mol. The van der Waals surface area contributed by atoms with Gasteiger partial charge in [0.2, 0.25) is 0 Å². The van der Waals surface area contributed by atoms with Crippen LogP contribution in [0.2, 0.25) is 0 Å². The fourth-order valence-corrected chi connectivity index (χ4v) is 2.84. The Morgan fingerprint density at radius 1 is 1.53 bits per heavy atom. The van der Waals surface area contributed by atoms with Crippen LogP contribution in [0.25, 0.3) is 0 Å². The van der Waals surface area contributed by atoms with Gasteiger partial charge >= 0.3 is 0 Å². The lowest BCUT2D eigenvalue weighted by molar-refractivity contribution is -0.0103. The van der Waals surface area contributed by atoms with Gasteiger partial charge in [-0.3, -0.25) is 0 Å². The molecule has 2 rings (SSSR count). The van der Waals surface area contributed by atoms with Crippen molar-refractivity contribution in [3.63, 3.8) is 0 Å². The SMILES string of the molecule is CNCc1ccc(N2CC(CO)OCC2C)cc1Br. The first-order chi connectivity index (χ1) is 9.15. The highest BCUT2D eigenvalue weighted by Gasteiger charge is 2.26. The number of morpholine rings is 1. The minimum absolute atomic E-state index is 0.0717. The van der Waals surface area contributed by atoms with E-state index in [0.717, 1.165) is 17.6 Å². The van der Waals surface area contributed by atoms with Gasteiger partial charge in [0.1, 0.15) is 0 Å². The summed E-state index contributed by atoms with van der Waals surface area (Å²) in [5.74, 6) is 0. The second-order valence-electron chi connectivity index (χ2n) is 4.95. The van der Waals surface area contributed by atoms with Crippen LogP contribution in [0, 0.1) is 0 Å². The van der Waals surface area contributed by atoms with Crippen LogP contribution in [0.5, 0.6) is 0 Å². The molecule has 106 valence electrons. The second kappa shape index (κ2) is 6.70. The molecule has 1 aromatic carbocycles. The number of nitrogens with one attached hydrogen (secondary N) is 1. The fraction of sp³-hybridized carbons (Fsp3) is 0.571. The van der Waals surface area contributed by atoms with Crippen molar-refractivity contribution in [1.82, 2.24) is 5.32 Å². The number of hydrogen-bond donors (Lipinski definition) is 2. The number of nitrogens with zero attached hydrogens (tertiary/aromatic N) is 1. The van der Waals surface area contributed by atoms with E-state index in [0.29, 0.717) is 12.6 Å². The molecule has 1 aliphatic heterocycles. The van der Waals surface area contributed by atoms with Crippen molar-refractivity contribution in [2.75, 3.05) is 31.7 Å². The Kier molecular flexibility index (Phi) is 5.21. The number of anilines is 1. The molecule has 1 heterocycles. The van der Waals surface area contributed by atoms with Crippen LogP contribution in [0.15, 0.2) is 22.7 Å². The largest absolute Gasteiger partial charge is 0.394 e. The molecule has 1 aromatic rings. The van der Waals surface area contributed by atoms with Crippen molar-refractivity contribution >= 4 is 21.6 Å². The minimum atomic E-state index is -0.0908. The summed E-state index contributed by atoms with van der Waals surface area (Å²) >= 11 is 3.62. The Hall–Kier alpha value is -0.620. The first-order valence-electron chi connectivity index (χ1n) is 6.57. The quantitative estimate of drug-likeness (QED) is 0.884. The van der Waals surface area contributed by atoms with Crippen molar-refractivity contribution < 1.29 is 9.84 Å².